The van der Waals surface area contributed by atoms with E-state index < -0.39 is 5.82 Å². The standard InChI is InChI=1S/C17H20FNO2/c1-13-5-4-9-19(12-13)17(21)16-11-15(18)8-7-14(16)6-2-3-10-20/h7-8,11,13,20H,3-5,9-10,12H2,1H3. The fourth-order valence-electron chi connectivity index (χ4n) is 2.56. The van der Waals surface area contributed by atoms with Gasteiger partial charge in [0.05, 0.1) is 12.2 Å². The molecule has 1 aliphatic rings. The van der Waals surface area contributed by atoms with Gasteiger partial charge in [-0.3, -0.25) is 4.79 Å². The Bertz CT molecular complexity index is 574. The topological polar surface area (TPSA) is 40.5 Å². The molecule has 3 nitrogen and oxygen atoms in total. The number of nitrogens with zero attached hydrogens (tertiary/aromatic N) is 1. The summed E-state index contributed by atoms with van der Waals surface area (Å²) >= 11 is 0. The van der Waals surface area contributed by atoms with Crippen LogP contribution in [-0.4, -0.2) is 35.6 Å². The van der Waals surface area contributed by atoms with Crippen molar-refractivity contribution >= 4 is 5.91 Å². The van der Waals surface area contributed by atoms with E-state index >= 15 is 0 Å². The summed E-state index contributed by atoms with van der Waals surface area (Å²) in [5.41, 5.74) is 0.836. The van der Waals surface area contributed by atoms with Gasteiger partial charge in [0, 0.05) is 25.1 Å². The normalized spacial score (nSPS) is 18.0. The molecule has 1 saturated heterocycles. The van der Waals surface area contributed by atoms with Gasteiger partial charge in [0.15, 0.2) is 0 Å². The number of piperidine rings is 1. The van der Waals surface area contributed by atoms with Gasteiger partial charge in [-0.15, -0.1) is 0 Å². The minimum atomic E-state index is -0.434. The minimum absolute atomic E-state index is 0.0267. The summed E-state index contributed by atoms with van der Waals surface area (Å²) in [7, 11) is 0. The van der Waals surface area contributed by atoms with Gasteiger partial charge in [-0.1, -0.05) is 18.8 Å². The number of carbonyl (C=O) groups excluding carboxylic acids is 1. The number of hydrogen-bond donors (Lipinski definition) is 1. The molecular formula is C17H20FNO2. The second kappa shape index (κ2) is 7.24. The molecule has 2 rings (SSSR count). The molecule has 1 amide bonds. The fraction of sp³-hybridized carbons (Fsp3) is 0.471. The third-order valence-electron chi connectivity index (χ3n) is 3.62. The molecule has 0 saturated carbocycles. The van der Waals surface area contributed by atoms with E-state index in [2.05, 4.69) is 18.8 Å². The molecule has 1 unspecified atom stereocenters. The van der Waals surface area contributed by atoms with Crippen LogP contribution in [0.15, 0.2) is 18.2 Å². The van der Waals surface area contributed by atoms with Crippen molar-refractivity contribution in [3.8, 4) is 11.8 Å². The predicted octanol–water partition coefficient (Wildman–Crippen LogP) is 2.43. The van der Waals surface area contributed by atoms with Crippen molar-refractivity contribution < 1.29 is 14.3 Å². The molecule has 0 aliphatic carbocycles. The highest BCUT2D eigenvalue weighted by Gasteiger charge is 2.23. The van der Waals surface area contributed by atoms with E-state index in [1.807, 2.05) is 0 Å². The summed E-state index contributed by atoms with van der Waals surface area (Å²) in [6.45, 7) is 3.51. The predicted molar refractivity (Wildman–Crippen MR) is 79.3 cm³/mol. The SMILES string of the molecule is CC1CCCN(C(=O)c2cc(F)ccc2C#CCCO)C1. The summed E-state index contributed by atoms with van der Waals surface area (Å²) in [6, 6.07) is 4.09. The maximum Gasteiger partial charge on any atom is 0.255 e. The van der Waals surface area contributed by atoms with Gasteiger partial charge in [0.2, 0.25) is 0 Å². The molecule has 1 fully saturated rings. The van der Waals surface area contributed by atoms with Gasteiger partial charge >= 0.3 is 0 Å². The average molecular weight is 289 g/mol. The third kappa shape index (κ3) is 4.05. The Kier molecular flexibility index (Phi) is 5.35. The lowest BCUT2D eigenvalue weighted by atomic mass is 9.98. The summed E-state index contributed by atoms with van der Waals surface area (Å²) in [5, 5.41) is 8.76. The van der Waals surface area contributed by atoms with Gasteiger partial charge in [0.25, 0.3) is 5.91 Å². The number of benzene rings is 1. The Balaban J connectivity index is 2.26. The van der Waals surface area contributed by atoms with Gasteiger partial charge in [-0.25, -0.2) is 4.39 Å². The van der Waals surface area contributed by atoms with Crippen LogP contribution in [0.5, 0.6) is 0 Å². The zero-order valence-electron chi connectivity index (χ0n) is 12.2. The summed E-state index contributed by atoms with van der Waals surface area (Å²) in [5.74, 6) is 5.51. The average Bonchev–Trinajstić information content (AvgIpc) is 2.48. The van der Waals surface area contributed by atoms with E-state index in [4.69, 9.17) is 5.11 Å². The molecule has 1 aliphatic heterocycles. The molecule has 1 N–H and O–H groups in total. The van der Waals surface area contributed by atoms with Crippen LogP contribution in [0.1, 0.15) is 42.1 Å². The summed E-state index contributed by atoms with van der Waals surface area (Å²) in [6.07, 6.45) is 2.44. The highest BCUT2D eigenvalue weighted by atomic mass is 19.1. The maximum absolute atomic E-state index is 13.5. The van der Waals surface area contributed by atoms with E-state index in [1.54, 1.807) is 4.90 Å². The summed E-state index contributed by atoms with van der Waals surface area (Å²) in [4.78, 5) is 14.4. The Labute approximate surface area is 124 Å². The number of halogens is 1. The molecule has 1 aromatic rings. The molecule has 1 atom stereocenters. The first-order valence-electron chi connectivity index (χ1n) is 7.30. The highest BCUT2D eigenvalue weighted by Crippen LogP contribution is 2.20. The van der Waals surface area contributed by atoms with Crippen LogP contribution < -0.4 is 0 Å². The Morgan fingerprint density at radius 1 is 1.52 bits per heavy atom. The summed E-state index contributed by atoms with van der Waals surface area (Å²) < 4.78 is 13.5. The molecule has 0 radical (unpaired) electrons. The fourth-order valence-corrected chi connectivity index (χ4v) is 2.56. The van der Waals surface area contributed by atoms with Crippen LogP contribution in [0.4, 0.5) is 4.39 Å². The van der Waals surface area contributed by atoms with Crippen molar-refractivity contribution in [2.45, 2.75) is 26.2 Å². The zero-order chi connectivity index (χ0) is 15.2. The molecule has 0 aromatic heterocycles. The van der Waals surface area contributed by atoms with Crippen molar-refractivity contribution in [1.82, 2.24) is 4.90 Å². The Morgan fingerprint density at radius 3 is 3.05 bits per heavy atom. The maximum atomic E-state index is 13.5. The van der Waals surface area contributed by atoms with E-state index in [-0.39, 0.29) is 12.5 Å². The third-order valence-corrected chi connectivity index (χ3v) is 3.62. The van der Waals surface area contributed by atoms with Crippen LogP contribution in [0.25, 0.3) is 0 Å². The van der Waals surface area contributed by atoms with Crippen LogP contribution in [0.3, 0.4) is 0 Å². The first-order valence-corrected chi connectivity index (χ1v) is 7.30. The van der Waals surface area contributed by atoms with E-state index in [1.165, 1.54) is 18.2 Å². The lowest BCUT2D eigenvalue weighted by Crippen LogP contribution is -2.39. The number of hydrogen-bond acceptors (Lipinski definition) is 2. The molecule has 1 aromatic carbocycles. The monoisotopic (exact) mass is 289 g/mol. The van der Waals surface area contributed by atoms with Crippen molar-refractivity contribution in [3.63, 3.8) is 0 Å². The number of aliphatic hydroxyl groups is 1. The van der Waals surface area contributed by atoms with E-state index in [9.17, 15) is 9.18 Å². The van der Waals surface area contributed by atoms with Gasteiger partial charge in [-0.05, 0) is 37.0 Å². The van der Waals surface area contributed by atoms with Crippen LogP contribution in [0, 0.1) is 23.6 Å². The van der Waals surface area contributed by atoms with Crippen molar-refractivity contribution in [2.24, 2.45) is 5.92 Å². The second-order valence-corrected chi connectivity index (χ2v) is 5.46. The molecule has 0 spiro atoms. The first kappa shape index (κ1) is 15.5. The van der Waals surface area contributed by atoms with Gasteiger partial charge in [0.1, 0.15) is 5.82 Å². The largest absolute Gasteiger partial charge is 0.395 e. The smallest absolute Gasteiger partial charge is 0.255 e. The molecular weight excluding hydrogens is 269 g/mol. The molecule has 21 heavy (non-hydrogen) atoms. The molecule has 112 valence electrons. The molecule has 4 heteroatoms. The number of carbonyl (C=O) groups is 1. The van der Waals surface area contributed by atoms with Crippen LogP contribution in [-0.2, 0) is 0 Å². The number of rotatable bonds is 2. The number of aliphatic hydroxyl groups excluding tert-OH is 1. The van der Waals surface area contributed by atoms with Gasteiger partial charge in [-0.2, -0.15) is 0 Å². The quantitative estimate of drug-likeness (QED) is 0.850. The van der Waals surface area contributed by atoms with Crippen molar-refractivity contribution in [2.75, 3.05) is 19.7 Å². The minimum Gasteiger partial charge on any atom is -0.395 e. The molecule has 1 heterocycles. The number of amides is 1. The Morgan fingerprint density at radius 2 is 2.33 bits per heavy atom. The highest BCUT2D eigenvalue weighted by molar-refractivity contribution is 5.96. The Hall–Kier alpha value is -1.86. The number of likely N-dealkylation sites (tertiary alicyclic amines) is 1. The van der Waals surface area contributed by atoms with Gasteiger partial charge < -0.3 is 10.0 Å². The van der Waals surface area contributed by atoms with Crippen LogP contribution in [0.2, 0.25) is 0 Å². The van der Waals surface area contributed by atoms with E-state index in [0.717, 1.165) is 12.8 Å². The first-order chi connectivity index (χ1) is 10.1. The van der Waals surface area contributed by atoms with Crippen molar-refractivity contribution in [1.29, 1.82) is 0 Å². The lowest BCUT2D eigenvalue weighted by Gasteiger charge is -2.31. The molecule has 0 bridgehead atoms. The second-order valence-electron chi connectivity index (χ2n) is 5.46. The van der Waals surface area contributed by atoms with Crippen molar-refractivity contribution in [3.05, 3.63) is 35.1 Å². The zero-order valence-corrected chi connectivity index (χ0v) is 12.2. The van der Waals surface area contributed by atoms with Crippen LogP contribution >= 0.6 is 0 Å². The van der Waals surface area contributed by atoms with E-state index in [0.29, 0.717) is 36.6 Å². The lowest BCUT2D eigenvalue weighted by molar-refractivity contribution is 0.0682.